The Bertz CT molecular complexity index is 1020. The second-order valence-corrected chi connectivity index (χ2v) is 10.5. The normalized spacial score (nSPS) is 19.4. The standard InChI is InChI=1S/C26H35N3O4S/c1-28(16-21-12-8-14-34-21)26(32)23-18-29(15-20-11-7-13-33-20)17-22(24(23)30)25(31)27-19-9-5-3-2-4-6-10-19/h8,12,14,17-20H,2-7,9-11,13,15-16H2,1H3,(H,27,31). The van der Waals surface area contributed by atoms with Gasteiger partial charge in [0.25, 0.3) is 11.8 Å². The highest BCUT2D eigenvalue weighted by atomic mass is 32.1. The number of ether oxygens (including phenoxy) is 1. The Kier molecular flexibility index (Phi) is 8.56. The van der Waals surface area contributed by atoms with E-state index in [-0.39, 0.29) is 35.1 Å². The third kappa shape index (κ3) is 6.36. The first-order valence-electron chi connectivity index (χ1n) is 12.5. The number of hydrogen-bond donors (Lipinski definition) is 1. The molecule has 3 heterocycles. The lowest BCUT2D eigenvalue weighted by Gasteiger charge is -2.22. The van der Waals surface area contributed by atoms with Crippen molar-refractivity contribution >= 4 is 23.2 Å². The Morgan fingerprint density at radius 3 is 2.50 bits per heavy atom. The van der Waals surface area contributed by atoms with Crippen LogP contribution in [0.25, 0.3) is 0 Å². The van der Waals surface area contributed by atoms with E-state index < -0.39 is 5.43 Å². The fraction of sp³-hybridized carbons (Fsp3) is 0.577. The Morgan fingerprint density at radius 1 is 1.09 bits per heavy atom. The van der Waals surface area contributed by atoms with Gasteiger partial charge in [-0.15, -0.1) is 11.3 Å². The SMILES string of the molecule is CN(Cc1cccs1)C(=O)c1cn(CC2CCCO2)cc(C(=O)NC2CCCCCCC2)c1=O. The van der Waals surface area contributed by atoms with Gasteiger partial charge in [-0.05, 0) is 37.1 Å². The van der Waals surface area contributed by atoms with Crippen LogP contribution in [0, 0.1) is 0 Å². The maximum atomic E-state index is 13.4. The minimum Gasteiger partial charge on any atom is -0.376 e. The minimum absolute atomic E-state index is 0.0239. The van der Waals surface area contributed by atoms with E-state index in [1.807, 2.05) is 17.5 Å². The Hall–Kier alpha value is -2.45. The number of hydrogen-bond acceptors (Lipinski definition) is 5. The predicted molar refractivity (Wildman–Crippen MR) is 133 cm³/mol. The molecule has 2 fully saturated rings. The minimum atomic E-state index is -0.505. The van der Waals surface area contributed by atoms with Crippen molar-refractivity contribution < 1.29 is 14.3 Å². The number of carbonyl (C=O) groups excluding carboxylic acids is 2. The van der Waals surface area contributed by atoms with Crippen LogP contribution in [0.4, 0.5) is 0 Å². The zero-order valence-electron chi connectivity index (χ0n) is 20.0. The van der Waals surface area contributed by atoms with Gasteiger partial charge in [0.05, 0.1) is 12.6 Å². The second kappa shape index (κ2) is 11.8. The molecule has 0 aromatic carbocycles. The van der Waals surface area contributed by atoms with Crippen LogP contribution in [-0.4, -0.2) is 47.1 Å². The number of nitrogens with zero attached hydrogens (tertiary/aromatic N) is 2. The van der Waals surface area contributed by atoms with E-state index in [0.29, 0.717) is 13.1 Å². The Labute approximate surface area is 205 Å². The van der Waals surface area contributed by atoms with Crippen molar-refractivity contribution in [2.45, 2.75) is 83.0 Å². The third-order valence-corrected chi connectivity index (χ3v) is 7.61. The van der Waals surface area contributed by atoms with Crippen LogP contribution in [0.5, 0.6) is 0 Å². The molecular weight excluding hydrogens is 450 g/mol. The second-order valence-electron chi connectivity index (χ2n) is 9.50. The number of pyridine rings is 1. The van der Waals surface area contributed by atoms with Crippen LogP contribution in [0.3, 0.4) is 0 Å². The van der Waals surface area contributed by atoms with Crippen LogP contribution in [0.15, 0.2) is 34.7 Å². The highest BCUT2D eigenvalue weighted by Crippen LogP contribution is 2.18. The molecule has 1 saturated heterocycles. The lowest BCUT2D eigenvalue weighted by Crippen LogP contribution is -2.40. The number of carbonyl (C=O) groups is 2. The summed E-state index contributed by atoms with van der Waals surface area (Å²) in [5, 5.41) is 5.05. The number of aromatic nitrogens is 1. The average Bonchev–Trinajstić information content (AvgIpc) is 3.50. The fourth-order valence-electron chi connectivity index (χ4n) is 4.85. The van der Waals surface area contributed by atoms with Gasteiger partial charge in [0, 0.05) is 43.5 Å². The topological polar surface area (TPSA) is 80.6 Å². The summed E-state index contributed by atoms with van der Waals surface area (Å²) in [5.74, 6) is -0.757. The zero-order valence-corrected chi connectivity index (χ0v) is 20.8. The van der Waals surface area contributed by atoms with Crippen molar-refractivity contribution in [3.8, 4) is 0 Å². The highest BCUT2D eigenvalue weighted by Gasteiger charge is 2.25. The van der Waals surface area contributed by atoms with Gasteiger partial charge in [0.15, 0.2) is 0 Å². The molecule has 1 aliphatic carbocycles. The Balaban J connectivity index is 1.59. The third-order valence-electron chi connectivity index (χ3n) is 6.75. The van der Waals surface area contributed by atoms with E-state index in [0.717, 1.165) is 50.0 Å². The van der Waals surface area contributed by atoms with E-state index in [9.17, 15) is 14.4 Å². The predicted octanol–water partition coefficient (Wildman–Crippen LogP) is 4.20. The van der Waals surface area contributed by atoms with Crippen molar-refractivity contribution in [2.24, 2.45) is 0 Å². The Morgan fingerprint density at radius 2 is 1.82 bits per heavy atom. The molecule has 1 saturated carbocycles. The number of rotatable bonds is 7. The van der Waals surface area contributed by atoms with Gasteiger partial charge in [-0.25, -0.2) is 0 Å². The van der Waals surface area contributed by atoms with Crippen molar-refractivity contribution in [3.63, 3.8) is 0 Å². The molecule has 1 aliphatic heterocycles. The fourth-order valence-corrected chi connectivity index (χ4v) is 5.61. The van der Waals surface area contributed by atoms with Gasteiger partial charge < -0.3 is 19.5 Å². The number of thiophene rings is 1. The van der Waals surface area contributed by atoms with Crippen LogP contribution < -0.4 is 10.7 Å². The van der Waals surface area contributed by atoms with E-state index in [2.05, 4.69) is 5.32 Å². The average molecular weight is 486 g/mol. The molecule has 8 heteroatoms. The quantitative estimate of drug-likeness (QED) is 0.637. The zero-order chi connectivity index (χ0) is 23.9. The molecule has 7 nitrogen and oxygen atoms in total. The maximum Gasteiger partial charge on any atom is 0.259 e. The summed E-state index contributed by atoms with van der Waals surface area (Å²) in [7, 11) is 1.69. The van der Waals surface area contributed by atoms with Crippen molar-refractivity contribution in [1.82, 2.24) is 14.8 Å². The van der Waals surface area contributed by atoms with Gasteiger partial charge in [0.2, 0.25) is 5.43 Å². The molecule has 2 aromatic rings. The van der Waals surface area contributed by atoms with Gasteiger partial charge >= 0.3 is 0 Å². The molecule has 0 spiro atoms. The van der Waals surface area contributed by atoms with Gasteiger partial charge in [-0.3, -0.25) is 14.4 Å². The largest absolute Gasteiger partial charge is 0.376 e. The maximum absolute atomic E-state index is 13.4. The van der Waals surface area contributed by atoms with Gasteiger partial charge in [-0.1, -0.05) is 38.2 Å². The summed E-state index contributed by atoms with van der Waals surface area (Å²) < 4.78 is 7.55. The van der Waals surface area contributed by atoms with E-state index in [4.69, 9.17) is 4.74 Å². The number of nitrogens with one attached hydrogen (secondary N) is 1. The van der Waals surface area contributed by atoms with Crippen LogP contribution >= 0.6 is 11.3 Å². The molecular formula is C26H35N3O4S. The van der Waals surface area contributed by atoms with Crippen molar-refractivity contribution in [3.05, 3.63) is 56.1 Å². The molecule has 34 heavy (non-hydrogen) atoms. The molecule has 1 atom stereocenters. The van der Waals surface area contributed by atoms with Gasteiger partial charge in [-0.2, -0.15) is 0 Å². The van der Waals surface area contributed by atoms with Crippen molar-refractivity contribution in [2.75, 3.05) is 13.7 Å². The smallest absolute Gasteiger partial charge is 0.259 e. The van der Waals surface area contributed by atoms with E-state index in [1.54, 1.807) is 35.3 Å². The number of amides is 2. The lowest BCUT2D eigenvalue weighted by molar-refractivity contribution is 0.0781. The molecule has 2 amide bonds. The van der Waals surface area contributed by atoms with Gasteiger partial charge in [0.1, 0.15) is 11.1 Å². The van der Waals surface area contributed by atoms with E-state index in [1.165, 1.54) is 24.2 Å². The van der Waals surface area contributed by atoms with Crippen molar-refractivity contribution in [1.29, 1.82) is 0 Å². The summed E-state index contributed by atoms with van der Waals surface area (Å²) in [6, 6.07) is 3.97. The summed E-state index contributed by atoms with van der Waals surface area (Å²) >= 11 is 1.57. The van der Waals surface area contributed by atoms with E-state index >= 15 is 0 Å². The summed E-state index contributed by atoms with van der Waals surface area (Å²) in [6.07, 6.45) is 12.8. The molecule has 4 rings (SSSR count). The van der Waals surface area contributed by atoms with Crippen LogP contribution in [0.1, 0.15) is 83.4 Å². The molecule has 1 unspecified atom stereocenters. The molecule has 2 aliphatic rings. The highest BCUT2D eigenvalue weighted by molar-refractivity contribution is 7.09. The first kappa shape index (κ1) is 24.7. The molecule has 2 aromatic heterocycles. The summed E-state index contributed by atoms with van der Waals surface area (Å²) in [6.45, 7) is 1.65. The molecule has 184 valence electrons. The molecule has 0 radical (unpaired) electrons. The first-order valence-corrected chi connectivity index (χ1v) is 13.3. The first-order chi connectivity index (χ1) is 16.5. The lowest BCUT2D eigenvalue weighted by atomic mass is 9.96. The van der Waals surface area contributed by atoms with Crippen LogP contribution in [0.2, 0.25) is 0 Å². The van der Waals surface area contributed by atoms with Crippen LogP contribution in [-0.2, 0) is 17.8 Å². The monoisotopic (exact) mass is 485 g/mol. The molecule has 1 N–H and O–H groups in total. The summed E-state index contributed by atoms with van der Waals surface area (Å²) in [5.41, 5.74) is -0.437. The molecule has 0 bridgehead atoms. The summed E-state index contributed by atoms with van der Waals surface area (Å²) in [4.78, 5) is 42.5.